The minimum atomic E-state index is -3.87. The molecule has 0 aromatic heterocycles. The fourth-order valence-corrected chi connectivity index (χ4v) is 3.89. The van der Waals surface area contributed by atoms with Gasteiger partial charge in [0.15, 0.2) is 0 Å². The number of nitro benzene ring substituents is 1. The summed E-state index contributed by atoms with van der Waals surface area (Å²) >= 11 is 0. The molecule has 0 aliphatic heterocycles. The number of hydrazone groups is 1. The van der Waals surface area contributed by atoms with Crippen molar-refractivity contribution in [2.75, 3.05) is 13.6 Å². The molecule has 3 aromatic carbocycles. The van der Waals surface area contributed by atoms with Crippen molar-refractivity contribution in [1.29, 1.82) is 0 Å². The Hall–Kier alpha value is -3.63. The van der Waals surface area contributed by atoms with Crippen molar-refractivity contribution in [2.45, 2.75) is 4.90 Å². The van der Waals surface area contributed by atoms with Crippen LogP contribution < -0.4 is 5.43 Å². The molecule has 0 unspecified atom stereocenters. The molecular formula is C20H18N4O5S. The normalized spacial score (nSPS) is 11.8. The summed E-state index contributed by atoms with van der Waals surface area (Å²) in [7, 11) is -2.57. The smallest absolute Gasteiger partial charge is 0.270 e. The van der Waals surface area contributed by atoms with E-state index in [2.05, 4.69) is 10.5 Å². The number of carbonyl (C=O) groups is 1. The number of amides is 1. The maximum absolute atomic E-state index is 12.8. The first-order valence-electron chi connectivity index (χ1n) is 8.79. The summed E-state index contributed by atoms with van der Waals surface area (Å²) in [5.41, 5.74) is 2.53. The average Bonchev–Trinajstić information content (AvgIpc) is 2.73. The fraction of sp³-hybridized carbons (Fsp3) is 0.100. The number of nitro groups is 1. The van der Waals surface area contributed by atoms with Gasteiger partial charge in [0, 0.05) is 24.7 Å². The van der Waals surface area contributed by atoms with Crippen molar-refractivity contribution in [3.8, 4) is 0 Å². The number of hydrogen-bond acceptors (Lipinski definition) is 6. The van der Waals surface area contributed by atoms with Crippen molar-refractivity contribution >= 4 is 38.6 Å². The molecule has 0 spiro atoms. The summed E-state index contributed by atoms with van der Waals surface area (Å²) in [6, 6.07) is 17.8. The predicted octanol–water partition coefficient (Wildman–Crippen LogP) is 2.52. The molecule has 10 heteroatoms. The molecule has 0 aliphatic carbocycles. The van der Waals surface area contributed by atoms with Gasteiger partial charge in [-0.15, -0.1) is 0 Å². The topological polar surface area (TPSA) is 122 Å². The third-order valence-electron chi connectivity index (χ3n) is 4.28. The number of rotatable bonds is 7. The van der Waals surface area contributed by atoms with E-state index in [9.17, 15) is 23.3 Å². The van der Waals surface area contributed by atoms with Gasteiger partial charge in [-0.3, -0.25) is 14.9 Å². The lowest BCUT2D eigenvalue weighted by molar-refractivity contribution is -0.384. The Balaban J connectivity index is 1.65. The number of nitrogens with one attached hydrogen (secondary N) is 1. The molecular weight excluding hydrogens is 408 g/mol. The minimum absolute atomic E-state index is 0.0802. The highest BCUT2D eigenvalue weighted by molar-refractivity contribution is 7.89. The molecule has 3 rings (SSSR count). The maximum atomic E-state index is 12.8. The molecule has 9 nitrogen and oxygen atoms in total. The molecule has 0 saturated heterocycles. The summed E-state index contributed by atoms with van der Waals surface area (Å²) in [6.45, 7) is -0.443. The van der Waals surface area contributed by atoms with Crippen LogP contribution in [0.3, 0.4) is 0 Å². The van der Waals surface area contributed by atoms with E-state index in [0.29, 0.717) is 5.56 Å². The van der Waals surface area contributed by atoms with Crippen LogP contribution in [0.5, 0.6) is 0 Å². The van der Waals surface area contributed by atoms with Crippen LogP contribution in [0.1, 0.15) is 5.56 Å². The summed E-state index contributed by atoms with van der Waals surface area (Å²) in [6.07, 6.45) is 1.24. The standard InChI is InChI=1S/C20H18N4O5S/c1-23(30(28,29)19-10-9-16-6-2-3-7-17(16)12-19)14-20(25)22-21-13-15-5-4-8-18(11-15)24(26)27/h2-13H,14H2,1H3,(H,22,25)/b21-13+. The van der Waals surface area contributed by atoms with Crippen molar-refractivity contribution in [1.82, 2.24) is 9.73 Å². The number of non-ortho nitro benzene ring substituents is 1. The molecule has 30 heavy (non-hydrogen) atoms. The Kier molecular flexibility index (Phi) is 6.19. The molecule has 1 N–H and O–H groups in total. The van der Waals surface area contributed by atoms with Gasteiger partial charge < -0.3 is 0 Å². The van der Waals surface area contributed by atoms with Crippen LogP contribution in [0.25, 0.3) is 10.8 Å². The maximum Gasteiger partial charge on any atom is 0.270 e. The van der Waals surface area contributed by atoms with Crippen LogP contribution in [0.4, 0.5) is 5.69 Å². The molecule has 0 aliphatic rings. The largest absolute Gasteiger partial charge is 0.272 e. The van der Waals surface area contributed by atoms with Crippen molar-refractivity contribution in [3.05, 3.63) is 82.4 Å². The first-order valence-corrected chi connectivity index (χ1v) is 10.2. The number of nitrogens with zero attached hydrogens (tertiary/aromatic N) is 3. The quantitative estimate of drug-likeness (QED) is 0.353. The zero-order chi connectivity index (χ0) is 21.7. The lowest BCUT2D eigenvalue weighted by Crippen LogP contribution is -2.36. The molecule has 0 fully saturated rings. The Labute approximate surface area is 172 Å². The van der Waals surface area contributed by atoms with E-state index < -0.39 is 27.4 Å². The SMILES string of the molecule is CN(CC(=O)N/N=C/c1cccc([N+](=O)[O-])c1)S(=O)(=O)c1ccc2ccccc2c1. The first kappa shape index (κ1) is 21.1. The number of benzene rings is 3. The van der Waals surface area contributed by atoms with Crippen molar-refractivity contribution < 1.29 is 18.1 Å². The summed E-state index contributed by atoms with van der Waals surface area (Å²) in [5, 5.41) is 16.2. The number of carbonyl (C=O) groups excluding carboxylic acids is 1. The average molecular weight is 426 g/mol. The number of sulfonamides is 1. The minimum Gasteiger partial charge on any atom is -0.272 e. The van der Waals surface area contributed by atoms with Gasteiger partial charge in [-0.2, -0.15) is 9.41 Å². The van der Waals surface area contributed by atoms with Gasteiger partial charge in [-0.25, -0.2) is 13.8 Å². The van der Waals surface area contributed by atoms with Gasteiger partial charge in [0.1, 0.15) is 0 Å². The highest BCUT2D eigenvalue weighted by atomic mass is 32.2. The van der Waals surface area contributed by atoms with E-state index in [0.717, 1.165) is 15.1 Å². The fourth-order valence-electron chi connectivity index (χ4n) is 2.73. The van der Waals surface area contributed by atoms with Crippen LogP contribution >= 0.6 is 0 Å². The van der Waals surface area contributed by atoms with E-state index in [4.69, 9.17) is 0 Å². The second-order valence-corrected chi connectivity index (χ2v) is 8.46. The molecule has 0 atom stereocenters. The molecule has 1 amide bonds. The van der Waals surface area contributed by atoms with Gasteiger partial charge in [0.2, 0.25) is 10.0 Å². The summed E-state index contributed by atoms with van der Waals surface area (Å²) in [5.74, 6) is -0.649. The van der Waals surface area contributed by atoms with Gasteiger partial charge in [-0.05, 0) is 22.9 Å². The van der Waals surface area contributed by atoms with Gasteiger partial charge in [-0.1, -0.05) is 42.5 Å². The van der Waals surface area contributed by atoms with Crippen LogP contribution in [0.2, 0.25) is 0 Å². The predicted molar refractivity (Wildman–Crippen MR) is 113 cm³/mol. The lowest BCUT2D eigenvalue weighted by atomic mass is 10.1. The monoisotopic (exact) mass is 426 g/mol. The molecule has 0 saturated carbocycles. The van der Waals surface area contributed by atoms with Crippen LogP contribution in [-0.4, -0.2) is 43.4 Å². The number of hydrogen-bond donors (Lipinski definition) is 1. The molecule has 0 heterocycles. The van der Waals surface area contributed by atoms with Crippen LogP contribution in [0.15, 0.2) is 76.7 Å². The van der Waals surface area contributed by atoms with Gasteiger partial charge in [0.05, 0.1) is 22.6 Å². The van der Waals surface area contributed by atoms with E-state index in [1.807, 2.05) is 24.3 Å². The van der Waals surface area contributed by atoms with E-state index in [1.54, 1.807) is 18.2 Å². The highest BCUT2D eigenvalue weighted by Crippen LogP contribution is 2.21. The third-order valence-corrected chi connectivity index (χ3v) is 6.08. The number of likely N-dealkylation sites (N-methyl/N-ethyl adjacent to an activating group) is 1. The Morgan fingerprint density at radius 3 is 2.57 bits per heavy atom. The van der Waals surface area contributed by atoms with E-state index in [-0.39, 0.29) is 10.6 Å². The molecule has 154 valence electrons. The van der Waals surface area contributed by atoms with E-state index in [1.165, 1.54) is 37.5 Å². The zero-order valence-electron chi connectivity index (χ0n) is 15.9. The third kappa shape index (κ3) is 4.85. The van der Waals surface area contributed by atoms with Gasteiger partial charge in [0.25, 0.3) is 11.6 Å². The molecule has 3 aromatic rings. The second-order valence-electron chi connectivity index (χ2n) is 6.42. The van der Waals surface area contributed by atoms with Crippen LogP contribution in [-0.2, 0) is 14.8 Å². The molecule has 0 bridgehead atoms. The highest BCUT2D eigenvalue weighted by Gasteiger charge is 2.23. The van der Waals surface area contributed by atoms with Crippen molar-refractivity contribution in [3.63, 3.8) is 0 Å². The summed E-state index contributed by atoms with van der Waals surface area (Å²) in [4.78, 5) is 22.4. The number of fused-ring (bicyclic) bond motifs is 1. The lowest BCUT2D eigenvalue weighted by Gasteiger charge is -2.16. The van der Waals surface area contributed by atoms with Crippen LogP contribution in [0, 0.1) is 10.1 Å². The van der Waals surface area contributed by atoms with Crippen molar-refractivity contribution in [2.24, 2.45) is 5.10 Å². The Bertz CT molecular complexity index is 1240. The summed E-state index contributed by atoms with van der Waals surface area (Å²) < 4.78 is 26.4. The first-order chi connectivity index (χ1) is 14.3. The van der Waals surface area contributed by atoms with E-state index >= 15 is 0 Å². The van der Waals surface area contributed by atoms with Gasteiger partial charge >= 0.3 is 0 Å². The molecule has 0 radical (unpaired) electrons. The Morgan fingerprint density at radius 2 is 1.83 bits per heavy atom. The Morgan fingerprint density at radius 1 is 1.10 bits per heavy atom. The zero-order valence-corrected chi connectivity index (χ0v) is 16.7. The second kappa shape index (κ2) is 8.80.